The molecule has 9 heteroatoms. The van der Waals surface area contributed by atoms with Gasteiger partial charge in [-0.05, 0) is 26.2 Å². The van der Waals surface area contributed by atoms with Gasteiger partial charge in [-0.2, -0.15) is 0 Å². The molecular weight excluding hydrogens is 499 g/mol. The normalized spacial score (nSPS) is 16.0. The van der Waals surface area contributed by atoms with Crippen molar-refractivity contribution in [3.63, 3.8) is 0 Å². The fourth-order valence-electron chi connectivity index (χ4n) is 4.20. The molecule has 0 aliphatic rings. The molecule has 0 saturated carbocycles. The topological polar surface area (TPSA) is 110 Å². The number of carboxylic acid groups (broad SMARTS) is 1. The molecule has 2 N–H and O–H groups in total. The summed E-state index contributed by atoms with van der Waals surface area (Å²) in [5.74, 6) is -0.959. The maximum atomic E-state index is 13.1. The molecule has 0 saturated heterocycles. The molecule has 36 heavy (non-hydrogen) atoms. The Hall–Kier alpha value is -0.400. The van der Waals surface area contributed by atoms with Crippen molar-refractivity contribution in [2.45, 2.75) is 147 Å². The first-order chi connectivity index (χ1) is 17.3. The highest BCUT2D eigenvalue weighted by molar-refractivity contribution is 7.85. The molecule has 0 spiro atoms. The van der Waals surface area contributed by atoms with E-state index in [0.29, 0.717) is 18.8 Å². The van der Waals surface area contributed by atoms with E-state index < -0.39 is 30.8 Å². The van der Waals surface area contributed by atoms with Crippen molar-refractivity contribution in [1.82, 2.24) is 0 Å². The van der Waals surface area contributed by atoms with Gasteiger partial charge < -0.3 is 19.7 Å². The van der Waals surface area contributed by atoms with Crippen LogP contribution < -0.4 is 0 Å². The zero-order valence-corrected chi connectivity index (χ0v) is 25.0. The van der Waals surface area contributed by atoms with Gasteiger partial charge in [0.05, 0.1) is 18.0 Å². The van der Waals surface area contributed by atoms with Crippen molar-refractivity contribution in [3.05, 3.63) is 0 Å². The molecule has 0 bridgehead atoms. The lowest BCUT2D eigenvalue weighted by Crippen LogP contribution is -2.36. The summed E-state index contributed by atoms with van der Waals surface area (Å²) in [5, 5.41) is 18.5. The third-order valence-corrected chi connectivity index (χ3v) is 9.18. The molecule has 0 radical (unpaired) electrons. The Bertz CT molecular complexity index is 578. The summed E-state index contributed by atoms with van der Waals surface area (Å²) in [7, 11) is -2.47. The highest BCUT2D eigenvalue weighted by Gasteiger charge is 2.47. The van der Waals surface area contributed by atoms with Gasteiger partial charge in [0, 0.05) is 23.2 Å². The summed E-state index contributed by atoms with van der Waals surface area (Å²) in [6.45, 7) is 6.60. The monoisotopic (exact) mass is 553 g/mol. The van der Waals surface area contributed by atoms with Gasteiger partial charge in [-0.1, -0.05) is 108 Å². The van der Waals surface area contributed by atoms with Crippen LogP contribution in [0.15, 0.2) is 0 Å². The van der Waals surface area contributed by atoms with E-state index in [0.717, 1.165) is 32.1 Å². The zero-order chi connectivity index (χ0) is 27.1. The summed E-state index contributed by atoms with van der Waals surface area (Å²) in [6, 6.07) is 0. The third-order valence-electron chi connectivity index (χ3n) is 6.56. The predicted octanol–water partition coefficient (Wildman–Crippen LogP) is 6.95. The smallest absolute Gasteiger partial charge is 0.470 e. The van der Waals surface area contributed by atoms with Crippen LogP contribution in [0.4, 0.5) is 0 Å². The van der Waals surface area contributed by atoms with Gasteiger partial charge in [0.15, 0.2) is 0 Å². The Labute approximate surface area is 224 Å². The van der Waals surface area contributed by atoms with Crippen LogP contribution in [0.2, 0.25) is 0 Å². The number of aliphatic hydroxyl groups is 1. The Morgan fingerprint density at radius 2 is 1.33 bits per heavy atom. The standard InChI is InChI=1S/C27H53O7PS/c1-4-6-8-10-11-12-13-14-16-18-23-36(32)25(20-17-15-9-7-5-2)24(3)33-21-19-22-34-27(30,35-31)26(28)29/h24-25,30H,4-23H2,1-3H3,(H,28,29)/p+1. The molecule has 0 amide bonds. The first-order valence-electron chi connectivity index (χ1n) is 14.3. The number of carboxylic acids is 1. The summed E-state index contributed by atoms with van der Waals surface area (Å²) < 4.78 is 34.9. The minimum absolute atomic E-state index is 0.0230. The average molecular weight is 554 g/mol. The van der Waals surface area contributed by atoms with Crippen LogP contribution in [0.3, 0.4) is 0 Å². The van der Waals surface area contributed by atoms with Crippen molar-refractivity contribution >= 4 is 25.2 Å². The summed E-state index contributed by atoms with van der Waals surface area (Å²) in [4.78, 5) is 10.9. The van der Waals surface area contributed by atoms with Crippen LogP contribution in [0.25, 0.3) is 0 Å². The summed E-state index contributed by atoms with van der Waals surface area (Å²) >= 11 is 0. The van der Waals surface area contributed by atoms with Crippen molar-refractivity contribution in [1.29, 1.82) is 0 Å². The molecule has 0 aliphatic heterocycles. The highest BCUT2D eigenvalue weighted by Crippen LogP contribution is 2.22. The molecule has 0 aliphatic carbocycles. The molecule has 7 nitrogen and oxygen atoms in total. The van der Waals surface area contributed by atoms with E-state index in [1.807, 2.05) is 6.92 Å². The Morgan fingerprint density at radius 1 is 0.833 bits per heavy atom. The lowest BCUT2D eigenvalue weighted by Gasteiger charge is -2.24. The molecule has 0 aromatic rings. The fourth-order valence-corrected chi connectivity index (χ4v) is 6.18. The van der Waals surface area contributed by atoms with Gasteiger partial charge >= 0.3 is 20.0 Å². The van der Waals surface area contributed by atoms with Crippen molar-refractivity contribution in [2.75, 3.05) is 19.0 Å². The van der Waals surface area contributed by atoms with E-state index in [-0.39, 0.29) is 18.0 Å². The molecule has 5 atom stereocenters. The van der Waals surface area contributed by atoms with E-state index in [1.54, 1.807) is 0 Å². The Morgan fingerprint density at radius 3 is 1.83 bits per heavy atom. The van der Waals surface area contributed by atoms with Crippen LogP contribution in [-0.2, 0) is 29.6 Å². The Balaban J connectivity index is 4.38. The van der Waals surface area contributed by atoms with Crippen molar-refractivity contribution in [3.8, 4) is 0 Å². The predicted molar refractivity (Wildman–Crippen MR) is 150 cm³/mol. The van der Waals surface area contributed by atoms with Gasteiger partial charge in [0.2, 0.25) is 0 Å². The van der Waals surface area contributed by atoms with Crippen LogP contribution in [0.5, 0.6) is 0 Å². The highest BCUT2D eigenvalue weighted by atomic mass is 32.2. The molecular formula is C27H54O7PS+. The number of ether oxygens (including phenoxy) is 2. The lowest BCUT2D eigenvalue weighted by molar-refractivity contribution is -0.190. The number of aliphatic carboxylic acids is 1. The van der Waals surface area contributed by atoms with Gasteiger partial charge in [-0.25, -0.2) is 4.79 Å². The van der Waals surface area contributed by atoms with E-state index in [2.05, 4.69) is 13.8 Å². The number of hydrogen-bond acceptors (Lipinski definition) is 6. The van der Waals surface area contributed by atoms with Crippen molar-refractivity contribution < 1.29 is 33.3 Å². The quantitative estimate of drug-likeness (QED) is 0.0643. The second-order valence-electron chi connectivity index (χ2n) is 9.84. The molecule has 0 fully saturated rings. The SMILES string of the molecule is CCCCCCCCCCCCS(=O)C(CCCCCCC)C(C)OCCCOC(O)([PH+]=O)C(=O)O. The maximum Gasteiger partial charge on any atom is 0.470 e. The summed E-state index contributed by atoms with van der Waals surface area (Å²) in [6.07, 6.45) is 19.4. The van der Waals surface area contributed by atoms with Crippen molar-refractivity contribution in [2.24, 2.45) is 0 Å². The number of hydrogen-bond donors (Lipinski definition) is 2. The number of rotatable bonds is 27. The third kappa shape index (κ3) is 18.0. The summed E-state index contributed by atoms with van der Waals surface area (Å²) in [5.41, 5.74) is -2.66. The van der Waals surface area contributed by atoms with Gasteiger partial charge in [0.1, 0.15) is 0 Å². The van der Waals surface area contributed by atoms with E-state index in [1.165, 1.54) is 70.6 Å². The van der Waals surface area contributed by atoms with E-state index >= 15 is 0 Å². The zero-order valence-electron chi connectivity index (χ0n) is 23.1. The number of carbonyl (C=O) groups is 1. The minimum Gasteiger partial charge on any atom is -0.474 e. The molecule has 214 valence electrons. The van der Waals surface area contributed by atoms with E-state index in [9.17, 15) is 18.7 Å². The van der Waals surface area contributed by atoms with Crippen LogP contribution >= 0.6 is 8.46 Å². The minimum atomic E-state index is -2.66. The molecule has 0 aromatic heterocycles. The van der Waals surface area contributed by atoms with Gasteiger partial charge in [-0.15, -0.1) is 0 Å². The molecule has 0 heterocycles. The number of unbranched alkanes of at least 4 members (excludes halogenated alkanes) is 13. The van der Waals surface area contributed by atoms with E-state index in [4.69, 9.17) is 14.6 Å². The first kappa shape index (κ1) is 35.6. The van der Waals surface area contributed by atoms with Gasteiger partial charge in [0.25, 0.3) is 0 Å². The molecule has 5 unspecified atom stereocenters. The molecule has 0 rings (SSSR count). The van der Waals surface area contributed by atoms with Crippen LogP contribution in [-0.4, -0.2) is 56.2 Å². The largest absolute Gasteiger partial charge is 0.474 e. The second-order valence-corrected chi connectivity index (χ2v) is 12.5. The maximum absolute atomic E-state index is 13.1. The first-order valence-corrected chi connectivity index (χ1v) is 16.6. The Kier molecular flexibility index (Phi) is 23.4. The second kappa shape index (κ2) is 23.7. The van der Waals surface area contributed by atoms with Crippen LogP contribution in [0, 0.1) is 0 Å². The van der Waals surface area contributed by atoms with Crippen LogP contribution in [0.1, 0.15) is 130 Å². The average Bonchev–Trinajstić information content (AvgIpc) is 2.86. The molecule has 0 aromatic carbocycles. The van der Waals surface area contributed by atoms with Gasteiger partial charge in [-0.3, -0.25) is 4.21 Å². The lowest BCUT2D eigenvalue weighted by atomic mass is 10.1. The fraction of sp³-hybridized carbons (Fsp3) is 0.963.